The summed E-state index contributed by atoms with van der Waals surface area (Å²) in [5, 5.41) is 12.5. The van der Waals surface area contributed by atoms with Gasteiger partial charge in [0, 0.05) is 20.2 Å². The van der Waals surface area contributed by atoms with Crippen molar-refractivity contribution in [2.75, 3.05) is 18.5 Å². The third kappa shape index (κ3) is 2.94. The lowest BCUT2D eigenvalue weighted by molar-refractivity contribution is 0.182. The van der Waals surface area contributed by atoms with E-state index in [1.165, 1.54) is 15.4 Å². The lowest BCUT2D eigenvalue weighted by Crippen LogP contribution is -2.39. The number of hydrogen-bond acceptors (Lipinski definition) is 7. The summed E-state index contributed by atoms with van der Waals surface area (Å²) in [7, 11) is 3.41. The lowest BCUT2D eigenvalue weighted by Gasteiger charge is -2.23. The van der Waals surface area contributed by atoms with Crippen molar-refractivity contribution in [2.45, 2.75) is 37.8 Å². The van der Waals surface area contributed by atoms with Crippen LogP contribution in [-0.4, -0.2) is 48.4 Å². The molecule has 1 saturated heterocycles. The van der Waals surface area contributed by atoms with Crippen LogP contribution in [0.25, 0.3) is 11.0 Å². The van der Waals surface area contributed by atoms with E-state index in [0.29, 0.717) is 30.2 Å². The average molecular weight is 397 g/mol. The Labute approximate surface area is 166 Å². The van der Waals surface area contributed by atoms with Gasteiger partial charge in [-0.1, -0.05) is 0 Å². The second-order valence-electron chi connectivity index (χ2n) is 7.77. The highest BCUT2D eigenvalue weighted by Gasteiger charge is 2.33. The summed E-state index contributed by atoms with van der Waals surface area (Å²) in [4.78, 5) is 29.9. The summed E-state index contributed by atoms with van der Waals surface area (Å²) >= 11 is 0. The molecule has 29 heavy (non-hydrogen) atoms. The Morgan fingerprint density at radius 2 is 2.00 bits per heavy atom. The predicted octanol–water partition coefficient (Wildman–Crippen LogP) is 0.155. The molecular formula is C19H23N7O3. The van der Waals surface area contributed by atoms with Crippen LogP contribution in [0.1, 0.15) is 30.1 Å². The van der Waals surface area contributed by atoms with Crippen LogP contribution >= 0.6 is 0 Å². The van der Waals surface area contributed by atoms with Crippen molar-refractivity contribution in [3.63, 3.8) is 0 Å². The van der Waals surface area contributed by atoms with Crippen molar-refractivity contribution < 1.29 is 4.74 Å². The van der Waals surface area contributed by atoms with E-state index in [2.05, 4.69) is 20.5 Å². The number of aryl methyl sites for hydroxylation is 3. The first-order valence-corrected chi connectivity index (χ1v) is 9.87. The predicted molar refractivity (Wildman–Crippen MR) is 106 cm³/mol. The molecule has 0 aromatic carbocycles. The number of hydrogen-bond donors (Lipinski definition) is 1. The van der Waals surface area contributed by atoms with Crippen molar-refractivity contribution >= 4 is 17.0 Å². The first kappa shape index (κ1) is 18.0. The number of nitrogens with zero attached hydrogens (tertiary/aromatic N) is 6. The van der Waals surface area contributed by atoms with E-state index >= 15 is 0 Å². The molecule has 152 valence electrons. The summed E-state index contributed by atoms with van der Waals surface area (Å²) < 4.78 is 10.2. The molecule has 0 spiro atoms. The monoisotopic (exact) mass is 397 g/mol. The first-order valence-electron chi connectivity index (χ1n) is 9.87. The van der Waals surface area contributed by atoms with Crippen molar-refractivity contribution in [2.24, 2.45) is 14.1 Å². The second-order valence-corrected chi connectivity index (χ2v) is 7.77. The third-order valence-corrected chi connectivity index (χ3v) is 5.88. The van der Waals surface area contributed by atoms with Gasteiger partial charge in [0.05, 0.1) is 31.1 Å². The summed E-state index contributed by atoms with van der Waals surface area (Å²) in [6.07, 6.45) is 5.53. The minimum Gasteiger partial charge on any atom is -0.377 e. The molecule has 2 unspecified atom stereocenters. The van der Waals surface area contributed by atoms with E-state index in [1.54, 1.807) is 24.8 Å². The summed E-state index contributed by atoms with van der Waals surface area (Å²) in [5.41, 5.74) is 2.28. The SMILES string of the molecule is Cn1c(NC2COCC2n2nc3c(cc2=O)CCCC3)nc2c(cnn2C)c1=O. The molecule has 1 aliphatic heterocycles. The maximum absolute atomic E-state index is 12.7. The lowest BCUT2D eigenvalue weighted by atomic mass is 9.97. The van der Waals surface area contributed by atoms with Gasteiger partial charge in [0.25, 0.3) is 11.1 Å². The molecule has 10 nitrogen and oxygen atoms in total. The largest absolute Gasteiger partial charge is 0.377 e. The van der Waals surface area contributed by atoms with Gasteiger partial charge in [-0.3, -0.25) is 18.8 Å². The minimum absolute atomic E-state index is 0.114. The van der Waals surface area contributed by atoms with Crippen molar-refractivity contribution in [1.29, 1.82) is 0 Å². The van der Waals surface area contributed by atoms with Crippen LogP contribution in [0, 0.1) is 0 Å². The van der Waals surface area contributed by atoms with Gasteiger partial charge in [-0.2, -0.15) is 15.2 Å². The highest BCUT2D eigenvalue weighted by Crippen LogP contribution is 2.23. The van der Waals surface area contributed by atoms with Crippen LogP contribution in [-0.2, 0) is 31.7 Å². The van der Waals surface area contributed by atoms with Gasteiger partial charge < -0.3 is 10.1 Å². The Kier molecular flexibility index (Phi) is 4.23. The zero-order chi connectivity index (χ0) is 20.1. The molecule has 1 aliphatic carbocycles. The van der Waals surface area contributed by atoms with Crippen LogP contribution < -0.4 is 16.4 Å². The fourth-order valence-electron chi connectivity index (χ4n) is 4.20. The number of rotatable bonds is 3. The van der Waals surface area contributed by atoms with Gasteiger partial charge in [0.1, 0.15) is 11.4 Å². The minimum atomic E-state index is -0.270. The molecule has 1 N–H and O–H groups in total. The Bertz CT molecular complexity index is 1210. The normalized spacial score (nSPS) is 21.4. The zero-order valence-electron chi connectivity index (χ0n) is 16.5. The summed E-state index contributed by atoms with van der Waals surface area (Å²) in [6, 6.07) is 1.21. The van der Waals surface area contributed by atoms with Crippen molar-refractivity contribution in [3.05, 3.63) is 44.2 Å². The molecule has 1 fully saturated rings. The molecule has 0 radical (unpaired) electrons. The highest BCUT2D eigenvalue weighted by molar-refractivity contribution is 5.74. The molecule has 0 bridgehead atoms. The summed E-state index contributed by atoms with van der Waals surface area (Å²) in [5.74, 6) is 0.414. The molecule has 4 heterocycles. The standard InChI is InChI=1S/C19H23N7O3/c1-24-18(28)12-8-20-25(2)17(12)22-19(24)21-14-9-29-10-15(14)26-16(27)7-11-5-3-4-6-13(11)23-26/h7-8,14-15H,3-6,9-10H2,1-2H3,(H,21,22). The molecule has 5 rings (SSSR count). The fraction of sp³-hybridized carbons (Fsp3) is 0.526. The smallest absolute Gasteiger partial charge is 0.267 e. The van der Waals surface area contributed by atoms with Gasteiger partial charge in [-0.15, -0.1) is 0 Å². The van der Waals surface area contributed by atoms with Gasteiger partial charge in [0.2, 0.25) is 5.95 Å². The Morgan fingerprint density at radius 1 is 1.17 bits per heavy atom. The van der Waals surface area contributed by atoms with E-state index in [-0.39, 0.29) is 23.2 Å². The maximum atomic E-state index is 12.7. The topological polar surface area (TPSA) is 109 Å². The molecule has 3 aromatic heterocycles. The maximum Gasteiger partial charge on any atom is 0.267 e. The van der Waals surface area contributed by atoms with Crippen LogP contribution in [0.4, 0.5) is 5.95 Å². The molecule has 2 atom stereocenters. The van der Waals surface area contributed by atoms with Crippen LogP contribution in [0.5, 0.6) is 0 Å². The Hall–Kier alpha value is -3.01. The molecule has 2 aliphatic rings. The van der Waals surface area contributed by atoms with Crippen LogP contribution in [0.15, 0.2) is 21.9 Å². The number of anilines is 1. The van der Waals surface area contributed by atoms with Gasteiger partial charge in [0.15, 0.2) is 5.65 Å². The van der Waals surface area contributed by atoms with E-state index in [9.17, 15) is 9.59 Å². The van der Waals surface area contributed by atoms with Gasteiger partial charge >= 0.3 is 0 Å². The third-order valence-electron chi connectivity index (χ3n) is 5.88. The van der Waals surface area contributed by atoms with Crippen LogP contribution in [0.2, 0.25) is 0 Å². The molecule has 3 aromatic rings. The van der Waals surface area contributed by atoms with E-state index in [0.717, 1.165) is 36.9 Å². The molecule has 0 amide bonds. The first-order chi connectivity index (χ1) is 14.0. The van der Waals surface area contributed by atoms with Gasteiger partial charge in [-0.05, 0) is 31.2 Å². The molecular weight excluding hydrogens is 374 g/mol. The second kappa shape index (κ2) is 6.80. The van der Waals surface area contributed by atoms with E-state index in [1.807, 2.05) is 0 Å². The van der Waals surface area contributed by atoms with Crippen LogP contribution in [0.3, 0.4) is 0 Å². The molecule has 10 heteroatoms. The highest BCUT2D eigenvalue weighted by atomic mass is 16.5. The van der Waals surface area contributed by atoms with E-state index < -0.39 is 0 Å². The summed E-state index contributed by atoms with van der Waals surface area (Å²) in [6.45, 7) is 0.778. The van der Waals surface area contributed by atoms with Crippen molar-refractivity contribution in [1.82, 2.24) is 29.1 Å². The Balaban J connectivity index is 1.50. The average Bonchev–Trinajstić information content (AvgIpc) is 3.32. The van der Waals surface area contributed by atoms with E-state index in [4.69, 9.17) is 4.74 Å². The number of ether oxygens (including phenoxy) is 1. The van der Waals surface area contributed by atoms with Crippen molar-refractivity contribution in [3.8, 4) is 0 Å². The molecule has 0 saturated carbocycles. The number of fused-ring (bicyclic) bond motifs is 2. The fourth-order valence-corrected chi connectivity index (χ4v) is 4.20. The Morgan fingerprint density at radius 3 is 2.86 bits per heavy atom. The number of aromatic nitrogens is 6. The number of nitrogens with one attached hydrogen (secondary N) is 1. The quantitative estimate of drug-likeness (QED) is 0.670. The zero-order valence-corrected chi connectivity index (χ0v) is 16.5. The van der Waals surface area contributed by atoms with Gasteiger partial charge in [-0.25, -0.2) is 4.68 Å².